The molecule has 1 aromatic carbocycles. The Morgan fingerprint density at radius 2 is 1.81 bits per heavy atom. The first-order chi connectivity index (χ1) is 10.2. The van der Waals surface area contributed by atoms with Crippen LogP contribution in [0.1, 0.15) is 5.56 Å². The fourth-order valence-electron chi connectivity index (χ4n) is 2.23. The molecule has 0 amide bonds. The normalized spacial score (nSPS) is 10.6. The van der Waals surface area contributed by atoms with E-state index in [9.17, 15) is 8.78 Å². The van der Waals surface area contributed by atoms with Crippen molar-refractivity contribution in [2.24, 2.45) is 0 Å². The van der Waals surface area contributed by atoms with E-state index in [1.54, 1.807) is 24.7 Å². The van der Waals surface area contributed by atoms with Crippen LogP contribution in [0.15, 0.2) is 55.0 Å². The molecule has 3 rings (SSSR count). The number of pyridine rings is 2. The molecule has 0 aliphatic carbocycles. The predicted molar refractivity (Wildman–Crippen MR) is 77.6 cm³/mol. The molecule has 2 nitrogen and oxygen atoms in total. The first kappa shape index (κ1) is 13.4. The van der Waals surface area contributed by atoms with Gasteiger partial charge in [-0.1, -0.05) is 12.1 Å². The van der Waals surface area contributed by atoms with Gasteiger partial charge in [-0.25, -0.2) is 8.78 Å². The minimum Gasteiger partial charge on any atom is -0.264 e. The van der Waals surface area contributed by atoms with Crippen LogP contribution in [0.3, 0.4) is 0 Å². The number of aryl methyl sites for hydroxylation is 1. The predicted octanol–water partition coefficient (Wildman–Crippen LogP) is 4.40. The van der Waals surface area contributed by atoms with Crippen molar-refractivity contribution >= 4 is 0 Å². The fraction of sp³-hybridized carbons (Fsp3) is 0.0588. The number of rotatable bonds is 2. The van der Waals surface area contributed by atoms with Gasteiger partial charge in [0.2, 0.25) is 0 Å². The van der Waals surface area contributed by atoms with E-state index in [2.05, 4.69) is 9.97 Å². The van der Waals surface area contributed by atoms with Crippen LogP contribution in [0.4, 0.5) is 8.78 Å². The summed E-state index contributed by atoms with van der Waals surface area (Å²) in [5, 5.41) is 0. The third kappa shape index (κ3) is 2.52. The van der Waals surface area contributed by atoms with Gasteiger partial charge in [0.05, 0.1) is 5.69 Å². The van der Waals surface area contributed by atoms with Crippen molar-refractivity contribution in [3.63, 3.8) is 0 Å². The molecule has 0 bridgehead atoms. The second kappa shape index (κ2) is 5.40. The lowest BCUT2D eigenvalue weighted by molar-refractivity contribution is 0.511. The van der Waals surface area contributed by atoms with Crippen LogP contribution in [0.2, 0.25) is 0 Å². The summed E-state index contributed by atoms with van der Waals surface area (Å²) in [6, 6.07) is 9.61. The molecule has 21 heavy (non-hydrogen) atoms. The van der Waals surface area contributed by atoms with Crippen LogP contribution in [0.25, 0.3) is 22.4 Å². The van der Waals surface area contributed by atoms with Gasteiger partial charge < -0.3 is 0 Å². The quantitative estimate of drug-likeness (QED) is 0.696. The Hall–Kier alpha value is -2.62. The second-order valence-corrected chi connectivity index (χ2v) is 4.73. The highest BCUT2D eigenvalue weighted by Crippen LogP contribution is 2.28. The number of benzene rings is 1. The molecule has 0 aliphatic rings. The van der Waals surface area contributed by atoms with E-state index < -0.39 is 11.6 Å². The summed E-state index contributed by atoms with van der Waals surface area (Å²) in [7, 11) is 0. The molecule has 3 aromatic rings. The zero-order chi connectivity index (χ0) is 14.8. The maximum Gasteiger partial charge on any atom is 0.168 e. The minimum atomic E-state index is -0.876. The Labute approximate surface area is 121 Å². The third-order valence-electron chi connectivity index (χ3n) is 3.31. The molecule has 0 atom stereocenters. The average molecular weight is 282 g/mol. The molecule has 4 heteroatoms. The van der Waals surface area contributed by atoms with Crippen LogP contribution >= 0.6 is 0 Å². The molecule has 0 spiro atoms. The van der Waals surface area contributed by atoms with Crippen molar-refractivity contribution in [2.75, 3.05) is 0 Å². The van der Waals surface area contributed by atoms with Crippen LogP contribution in [-0.4, -0.2) is 9.97 Å². The Bertz CT molecular complexity index is 786. The summed E-state index contributed by atoms with van der Waals surface area (Å²) in [6.45, 7) is 1.91. The fourth-order valence-corrected chi connectivity index (χ4v) is 2.23. The van der Waals surface area contributed by atoms with Gasteiger partial charge >= 0.3 is 0 Å². The first-order valence-electron chi connectivity index (χ1n) is 6.48. The lowest BCUT2D eigenvalue weighted by atomic mass is 10.0. The molecule has 104 valence electrons. The van der Waals surface area contributed by atoms with Crippen molar-refractivity contribution in [2.45, 2.75) is 6.92 Å². The maximum atomic E-state index is 13.8. The highest BCUT2D eigenvalue weighted by molar-refractivity contribution is 5.70. The number of nitrogens with zero attached hydrogens (tertiary/aromatic N) is 2. The molecule has 0 aliphatic heterocycles. The average Bonchev–Trinajstić information content (AvgIpc) is 2.51. The highest BCUT2D eigenvalue weighted by atomic mass is 19.2. The topological polar surface area (TPSA) is 25.8 Å². The van der Waals surface area contributed by atoms with E-state index in [-0.39, 0.29) is 5.56 Å². The maximum absolute atomic E-state index is 13.8. The number of hydrogen-bond donors (Lipinski definition) is 0. The van der Waals surface area contributed by atoms with E-state index >= 15 is 0 Å². The number of hydrogen-bond acceptors (Lipinski definition) is 2. The Morgan fingerprint density at radius 1 is 0.952 bits per heavy atom. The van der Waals surface area contributed by atoms with E-state index in [1.165, 1.54) is 12.1 Å². The summed E-state index contributed by atoms with van der Waals surface area (Å²) >= 11 is 0. The molecule has 0 radical (unpaired) electrons. The van der Waals surface area contributed by atoms with Gasteiger partial charge in [0.25, 0.3) is 0 Å². The van der Waals surface area contributed by atoms with Gasteiger partial charge in [-0.3, -0.25) is 9.97 Å². The molecule has 0 saturated carbocycles. The van der Waals surface area contributed by atoms with E-state index in [0.29, 0.717) is 5.69 Å². The van der Waals surface area contributed by atoms with Crippen molar-refractivity contribution in [1.82, 2.24) is 9.97 Å². The van der Waals surface area contributed by atoms with Gasteiger partial charge in [0, 0.05) is 35.3 Å². The van der Waals surface area contributed by atoms with Gasteiger partial charge in [-0.15, -0.1) is 0 Å². The number of aromatic nitrogens is 2. The molecule has 2 aromatic heterocycles. The van der Waals surface area contributed by atoms with Gasteiger partial charge in [-0.2, -0.15) is 0 Å². The largest absolute Gasteiger partial charge is 0.264 e. The molecule has 0 N–H and O–H groups in total. The van der Waals surface area contributed by atoms with E-state index in [1.807, 2.05) is 19.1 Å². The molecular formula is C17H12F2N2. The summed E-state index contributed by atoms with van der Waals surface area (Å²) in [5.74, 6) is -1.75. The van der Waals surface area contributed by atoms with Gasteiger partial charge in [0.1, 0.15) is 0 Å². The monoisotopic (exact) mass is 282 g/mol. The zero-order valence-electron chi connectivity index (χ0n) is 11.3. The van der Waals surface area contributed by atoms with Crippen molar-refractivity contribution in [3.05, 3.63) is 72.2 Å². The molecule has 0 saturated heterocycles. The Balaban J connectivity index is 2.08. The molecule has 0 fully saturated rings. The smallest absolute Gasteiger partial charge is 0.168 e. The van der Waals surface area contributed by atoms with Gasteiger partial charge in [0.15, 0.2) is 11.6 Å². The van der Waals surface area contributed by atoms with Crippen molar-refractivity contribution in [1.29, 1.82) is 0 Å². The standard InChI is InChI=1S/C17H12F2N2/c1-11-8-16(13-5-2-6-15(18)17(13)19)21-10-14(11)12-4-3-7-20-9-12/h2-10H,1H3. The van der Waals surface area contributed by atoms with E-state index in [0.717, 1.165) is 22.8 Å². The van der Waals surface area contributed by atoms with E-state index in [4.69, 9.17) is 0 Å². The zero-order valence-corrected chi connectivity index (χ0v) is 11.3. The minimum absolute atomic E-state index is 0.163. The molecule has 0 unspecified atom stereocenters. The highest BCUT2D eigenvalue weighted by Gasteiger charge is 2.12. The third-order valence-corrected chi connectivity index (χ3v) is 3.31. The molecule has 2 heterocycles. The molecular weight excluding hydrogens is 270 g/mol. The lowest BCUT2D eigenvalue weighted by Gasteiger charge is -2.09. The Kier molecular flexibility index (Phi) is 3.44. The Morgan fingerprint density at radius 3 is 2.52 bits per heavy atom. The first-order valence-corrected chi connectivity index (χ1v) is 6.48. The van der Waals surface area contributed by atoms with Gasteiger partial charge in [-0.05, 0) is 36.8 Å². The summed E-state index contributed by atoms with van der Waals surface area (Å²) in [5.41, 5.74) is 3.36. The van der Waals surface area contributed by atoms with Crippen LogP contribution in [0, 0.1) is 18.6 Å². The van der Waals surface area contributed by atoms with Crippen molar-refractivity contribution in [3.8, 4) is 22.4 Å². The van der Waals surface area contributed by atoms with Crippen LogP contribution in [-0.2, 0) is 0 Å². The SMILES string of the molecule is Cc1cc(-c2cccc(F)c2F)ncc1-c1cccnc1. The lowest BCUT2D eigenvalue weighted by Crippen LogP contribution is -1.94. The summed E-state index contributed by atoms with van der Waals surface area (Å²) < 4.78 is 27.1. The summed E-state index contributed by atoms with van der Waals surface area (Å²) in [4.78, 5) is 8.32. The summed E-state index contributed by atoms with van der Waals surface area (Å²) in [6.07, 6.45) is 5.10. The van der Waals surface area contributed by atoms with Crippen LogP contribution in [0.5, 0.6) is 0 Å². The second-order valence-electron chi connectivity index (χ2n) is 4.73. The number of halogens is 2. The van der Waals surface area contributed by atoms with Crippen molar-refractivity contribution < 1.29 is 8.78 Å². The van der Waals surface area contributed by atoms with Crippen LogP contribution < -0.4 is 0 Å².